The van der Waals surface area contributed by atoms with Crippen LogP contribution in [0.4, 0.5) is 11.4 Å². The lowest BCUT2D eigenvalue weighted by Gasteiger charge is -2.09. The molecule has 23 heavy (non-hydrogen) atoms. The number of rotatable bonds is 5. The lowest BCUT2D eigenvalue weighted by atomic mass is 10.2. The van der Waals surface area contributed by atoms with Gasteiger partial charge in [-0.1, -0.05) is 27.5 Å². The molecule has 0 fully saturated rings. The minimum absolute atomic E-state index is 0.0140. The third-order valence-corrected chi connectivity index (χ3v) is 3.70. The van der Waals surface area contributed by atoms with Crippen LogP contribution in [0.25, 0.3) is 0 Å². The van der Waals surface area contributed by atoms with Crippen LogP contribution in [-0.4, -0.2) is 25.5 Å². The van der Waals surface area contributed by atoms with Crippen molar-refractivity contribution in [2.75, 3.05) is 24.4 Å². The molecule has 0 aliphatic carbocycles. The van der Waals surface area contributed by atoms with E-state index in [0.29, 0.717) is 22.0 Å². The van der Waals surface area contributed by atoms with Gasteiger partial charge in [-0.05, 0) is 42.5 Å². The molecule has 2 aromatic carbocycles. The van der Waals surface area contributed by atoms with E-state index in [1.54, 1.807) is 42.5 Å². The number of methoxy groups -OCH3 is 1. The second-order valence-electron chi connectivity index (χ2n) is 4.64. The monoisotopic (exact) mass is 396 g/mol. The Balaban J connectivity index is 2.04. The SMILES string of the molecule is COCC(=O)Nc1ccc(NC(=O)c2cc(Br)ccc2Cl)cc1. The highest BCUT2D eigenvalue weighted by atomic mass is 79.9. The van der Waals surface area contributed by atoms with E-state index in [9.17, 15) is 9.59 Å². The van der Waals surface area contributed by atoms with Crippen molar-refractivity contribution >= 4 is 50.7 Å². The summed E-state index contributed by atoms with van der Waals surface area (Å²) in [6.45, 7) is -0.0140. The van der Waals surface area contributed by atoms with Crippen molar-refractivity contribution in [2.45, 2.75) is 0 Å². The maximum absolute atomic E-state index is 12.2. The predicted molar refractivity (Wildman–Crippen MR) is 94.1 cm³/mol. The van der Waals surface area contributed by atoms with Crippen molar-refractivity contribution in [1.82, 2.24) is 0 Å². The standard InChI is InChI=1S/C16H14BrClN2O3/c1-23-9-15(21)19-11-3-5-12(6-4-11)20-16(22)13-8-10(17)2-7-14(13)18/h2-8H,9H2,1H3,(H,19,21)(H,20,22). The van der Waals surface area contributed by atoms with Gasteiger partial charge in [0.15, 0.2) is 0 Å². The molecular formula is C16H14BrClN2O3. The Hall–Kier alpha value is -1.89. The first kappa shape index (κ1) is 17.5. The summed E-state index contributed by atoms with van der Waals surface area (Å²) >= 11 is 9.33. The Kier molecular flexibility index (Phi) is 6.15. The molecule has 0 radical (unpaired) electrons. The maximum Gasteiger partial charge on any atom is 0.257 e. The summed E-state index contributed by atoms with van der Waals surface area (Å²) in [5.41, 5.74) is 1.58. The molecule has 0 atom stereocenters. The number of anilines is 2. The number of amides is 2. The third kappa shape index (κ3) is 5.06. The van der Waals surface area contributed by atoms with Gasteiger partial charge in [-0.3, -0.25) is 9.59 Å². The largest absolute Gasteiger partial charge is 0.375 e. The molecular weight excluding hydrogens is 384 g/mol. The molecule has 0 saturated carbocycles. The fraction of sp³-hybridized carbons (Fsp3) is 0.125. The average molecular weight is 398 g/mol. The normalized spacial score (nSPS) is 10.2. The molecule has 0 aromatic heterocycles. The van der Waals surface area contributed by atoms with Gasteiger partial charge in [0.05, 0.1) is 10.6 Å². The van der Waals surface area contributed by atoms with Crippen LogP contribution in [0.1, 0.15) is 10.4 Å². The van der Waals surface area contributed by atoms with Crippen LogP contribution in [0.2, 0.25) is 5.02 Å². The van der Waals surface area contributed by atoms with Gasteiger partial charge in [0, 0.05) is 23.0 Å². The Morgan fingerprint density at radius 3 is 2.30 bits per heavy atom. The maximum atomic E-state index is 12.2. The van der Waals surface area contributed by atoms with Gasteiger partial charge >= 0.3 is 0 Å². The fourth-order valence-electron chi connectivity index (χ4n) is 1.83. The quantitative estimate of drug-likeness (QED) is 0.803. The van der Waals surface area contributed by atoms with E-state index < -0.39 is 0 Å². The zero-order chi connectivity index (χ0) is 16.8. The minimum Gasteiger partial charge on any atom is -0.375 e. The van der Waals surface area contributed by atoms with Crippen molar-refractivity contribution in [3.8, 4) is 0 Å². The summed E-state index contributed by atoms with van der Waals surface area (Å²) in [5, 5.41) is 5.79. The van der Waals surface area contributed by atoms with Crippen LogP contribution >= 0.6 is 27.5 Å². The highest BCUT2D eigenvalue weighted by Crippen LogP contribution is 2.22. The second kappa shape index (κ2) is 8.10. The van der Waals surface area contributed by atoms with Crippen molar-refractivity contribution in [1.29, 1.82) is 0 Å². The Morgan fingerprint density at radius 1 is 1.09 bits per heavy atom. The summed E-state index contributed by atoms with van der Waals surface area (Å²) < 4.78 is 5.50. The summed E-state index contributed by atoms with van der Waals surface area (Å²) in [6.07, 6.45) is 0. The van der Waals surface area contributed by atoms with Crippen LogP contribution in [0.5, 0.6) is 0 Å². The highest BCUT2D eigenvalue weighted by molar-refractivity contribution is 9.10. The first-order valence-corrected chi connectivity index (χ1v) is 7.82. The summed E-state index contributed by atoms with van der Waals surface area (Å²) in [6, 6.07) is 11.8. The second-order valence-corrected chi connectivity index (χ2v) is 5.96. The van der Waals surface area contributed by atoms with E-state index in [0.717, 1.165) is 4.47 Å². The molecule has 0 saturated heterocycles. The van der Waals surface area contributed by atoms with Crippen LogP contribution in [0.15, 0.2) is 46.9 Å². The molecule has 0 unspecified atom stereocenters. The number of benzene rings is 2. The lowest BCUT2D eigenvalue weighted by molar-refractivity contribution is -0.119. The van der Waals surface area contributed by atoms with Gasteiger partial charge in [-0.15, -0.1) is 0 Å². The number of halogens is 2. The zero-order valence-corrected chi connectivity index (χ0v) is 14.6. The molecule has 2 rings (SSSR count). The molecule has 0 spiro atoms. The fourth-order valence-corrected chi connectivity index (χ4v) is 2.40. The van der Waals surface area contributed by atoms with Crippen LogP contribution in [0.3, 0.4) is 0 Å². The van der Waals surface area contributed by atoms with Crippen molar-refractivity contribution in [3.63, 3.8) is 0 Å². The molecule has 2 N–H and O–H groups in total. The van der Waals surface area contributed by atoms with Gasteiger partial charge in [0.25, 0.3) is 5.91 Å². The van der Waals surface area contributed by atoms with E-state index in [4.69, 9.17) is 16.3 Å². The van der Waals surface area contributed by atoms with Gasteiger partial charge in [-0.25, -0.2) is 0 Å². The van der Waals surface area contributed by atoms with Crippen LogP contribution in [-0.2, 0) is 9.53 Å². The van der Waals surface area contributed by atoms with Gasteiger partial charge < -0.3 is 15.4 Å². The van der Waals surface area contributed by atoms with Gasteiger partial charge in [-0.2, -0.15) is 0 Å². The Labute approximate surface area is 147 Å². The number of hydrogen-bond acceptors (Lipinski definition) is 3. The van der Waals surface area contributed by atoms with E-state index in [-0.39, 0.29) is 18.4 Å². The van der Waals surface area contributed by atoms with E-state index in [2.05, 4.69) is 26.6 Å². The number of carbonyl (C=O) groups is 2. The predicted octanol–water partition coefficient (Wildman–Crippen LogP) is 3.94. The molecule has 0 heterocycles. The third-order valence-electron chi connectivity index (χ3n) is 2.87. The Morgan fingerprint density at radius 2 is 1.70 bits per heavy atom. The molecule has 0 bridgehead atoms. The molecule has 2 amide bonds. The highest BCUT2D eigenvalue weighted by Gasteiger charge is 2.11. The molecule has 120 valence electrons. The van der Waals surface area contributed by atoms with Crippen molar-refractivity contribution in [3.05, 3.63) is 57.5 Å². The first-order chi connectivity index (χ1) is 11.0. The van der Waals surface area contributed by atoms with E-state index >= 15 is 0 Å². The van der Waals surface area contributed by atoms with Crippen molar-refractivity contribution in [2.24, 2.45) is 0 Å². The molecule has 7 heteroatoms. The topological polar surface area (TPSA) is 67.4 Å². The van der Waals surface area contributed by atoms with Gasteiger partial charge in [0.2, 0.25) is 5.91 Å². The first-order valence-electron chi connectivity index (χ1n) is 6.65. The molecule has 5 nitrogen and oxygen atoms in total. The van der Waals surface area contributed by atoms with Crippen molar-refractivity contribution < 1.29 is 14.3 Å². The van der Waals surface area contributed by atoms with E-state index in [1.165, 1.54) is 7.11 Å². The van der Waals surface area contributed by atoms with E-state index in [1.807, 2.05) is 0 Å². The Bertz CT molecular complexity index is 720. The lowest BCUT2D eigenvalue weighted by Crippen LogP contribution is -2.17. The average Bonchev–Trinajstić information content (AvgIpc) is 2.52. The summed E-state index contributed by atoms with van der Waals surface area (Å²) in [4.78, 5) is 23.6. The molecule has 2 aromatic rings. The number of carbonyl (C=O) groups excluding carboxylic acids is 2. The number of hydrogen-bond donors (Lipinski definition) is 2. The van der Waals surface area contributed by atoms with Gasteiger partial charge in [0.1, 0.15) is 6.61 Å². The smallest absolute Gasteiger partial charge is 0.257 e. The summed E-state index contributed by atoms with van der Waals surface area (Å²) in [7, 11) is 1.45. The molecule has 0 aliphatic rings. The molecule has 0 aliphatic heterocycles. The minimum atomic E-state index is -0.313. The van der Waals surface area contributed by atoms with Crippen LogP contribution < -0.4 is 10.6 Å². The summed E-state index contributed by atoms with van der Waals surface area (Å²) in [5.74, 6) is -0.558. The zero-order valence-electron chi connectivity index (χ0n) is 12.2. The number of nitrogens with one attached hydrogen (secondary N) is 2. The number of ether oxygens (including phenoxy) is 1. The van der Waals surface area contributed by atoms with Crippen LogP contribution in [0, 0.1) is 0 Å².